The van der Waals surface area contributed by atoms with Crippen LogP contribution in [0, 0.1) is 31.1 Å². The van der Waals surface area contributed by atoms with Crippen LogP contribution in [0.4, 0.5) is 4.79 Å². The van der Waals surface area contributed by atoms with E-state index in [4.69, 9.17) is 35.3 Å². The van der Waals surface area contributed by atoms with Gasteiger partial charge >= 0.3 is 12.1 Å². The van der Waals surface area contributed by atoms with Crippen molar-refractivity contribution < 1.29 is 73.8 Å². The predicted molar refractivity (Wildman–Crippen MR) is 439 cm³/mol. The van der Waals surface area contributed by atoms with Crippen LogP contribution in [-0.2, 0) is 70.5 Å². The molecule has 4 fully saturated rings. The monoisotopic (exact) mass is 1650 g/mol. The van der Waals surface area contributed by atoms with Crippen molar-refractivity contribution >= 4 is 42.6 Å². The number of imidazole rings is 4. The summed E-state index contributed by atoms with van der Waals surface area (Å²) in [5, 5.41) is 11.2. The number of hydrogen-bond donors (Lipinski definition) is 7. The number of nitrogens with two attached hydrogens (primary N) is 1. The number of carboxylic acid groups (broad SMARTS) is 1. The van der Waals surface area contributed by atoms with Gasteiger partial charge in [0.2, 0.25) is 30.5 Å². The van der Waals surface area contributed by atoms with Crippen LogP contribution in [0.2, 0.25) is 0 Å². The predicted octanol–water partition coefficient (Wildman–Crippen LogP) is 16.3. The Kier molecular flexibility index (Phi) is 33.3. The van der Waals surface area contributed by atoms with E-state index in [-0.39, 0.29) is 101 Å². The summed E-state index contributed by atoms with van der Waals surface area (Å²) >= 11 is 0. The van der Waals surface area contributed by atoms with Crippen molar-refractivity contribution in [1.82, 2.24) is 59.9 Å². The van der Waals surface area contributed by atoms with E-state index in [9.17, 15) is 24.0 Å². The van der Waals surface area contributed by atoms with E-state index in [0.29, 0.717) is 25.6 Å². The Morgan fingerprint density at radius 1 is 0.482 bits per heavy atom. The molecule has 4 aromatic heterocycles. The van der Waals surface area contributed by atoms with Crippen molar-refractivity contribution in [2.75, 3.05) is 33.9 Å². The number of hydrogen-bond acceptors (Lipinski definition) is 17. The number of ether oxygens (including phenoxy) is 1. The summed E-state index contributed by atoms with van der Waals surface area (Å²) < 4.78 is 4.95. The minimum atomic E-state index is -1.07. The second kappa shape index (κ2) is 42.6. The number of aliphatic imine (C=N–C) groups is 2. The van der Waals surface area contributed by atoms with Gasteiger partial charge in [-0.05, 0) is 125 Å². The van der Waals surface area contributed by atoms with Crippen LogP contribution in [0.15, 0.2) is 162 Å². The molecule has 8 N–H and O–H groups in total. The molecule has 0 radical (unpaired) electrons. The van der Waals surface area contributed by atoms with Gasteiger partial charge in [-0.2, -0.15) is 9.78 Å². The van der Waals surface area contributed by atoms with Gasteiger partial charge in [-0.1, -0.05) is 203 Å². The number of nitrogens with one attached hydrogen (secondary N) is 5. The van der Waals surface area contributed by atoms with Gasteiger partial charge in [0.05, 0.1) is 86.0 Å². The van der Waals surface area contributed by atoms with Crippen LogP contribution < -0.4 is 11.1 Å². The molecule has 4 amide bonds. The van der Waals surface area contributed by atoms with Crippen LogP contribution in [0.5, 0.6) is 0 Å². The molecule has 0 spiro atoms. The minimum Gasteiger partial charge on any atom is -0.480 e. The summed E-state index contributed by atoms with van der Waals surface area (Å²) in [4.78, 5) is 128. The number of H-pyrrole nitrogens is 4. The zero-order valence-corrected chi connectivity index (χ0v) is 67.9. The summed E-state index contributed by atoms with van der Waals surface area (Å²) in [6.45, 7) is 17.4. The molecule has 114 heavy (non-hydrogen) atoms. The number of aromatic amines is 4. The topological polar surface area (TPSA) is 339 Å². The Labute approximate surface area is 683 Å². The van der Waals surface area contributed by atoms with E-state index < -0.39 is 36.2 Å². The van der Waals surface area contributed by atoms with Crippen molar-refractivity contribution in [3.63, 3.8) is 0 Å². The average Bonchev–Trinajstić information content (AvgIpc) is 1.63. The second-order valence-electron chi connectivity index (χ2n) is 30.0. The molecule has 0 bridgehead atoms. The Balaban J connectivity index is 0.000000232. The number of carbonyl (C=O) groups excluding carboxylic acids is 4. The van der Waals surface area contributed by atoms with Gasteiger partial charge in [-0.15, -0.1) is 0 Å². The van der Waals surface area contributed by atoms with Crippen molar-refractivity contribution in [3.05, 3.63) is 188 Å². The van der Waals surface area contributed by atoms with Crippen molar-refractivity contribution in [1.29, 1.82) is 0 Å². The van der Waals surface area contributed by atoms with E-state index >= 15 is 0 Å². The maximum atomic E-state index is 13.5. The molecule has 27 heteroatoms. The molecular formula is C87H112N15O11Pd-. The summed E-state index contributed by atoms with van der Waals surface area (Å²) in [7, 11) is 2.80. The first-order chi connectivity index (χ1) is 53.7. The van der Waals surface area contributed by atoms with Crippen LogP contribution in [-0.4, -0.2) is 160 Å². The number of carboxylic acids is 1. The van der Waals surface area contributed by atoms with Crippen LogP contribution in [0.25, 0.3) is 67.3 Å². The van der Waals surface area contributed by atoms with Gasteiger partial charge in [-0.25, -0.2) is 39.5 Å². The zero-order valence-electron chi connectivity index (χ0n) is 66.4. The maximum absolute atomic E-state index is 13.5. The molecule has 1 aliphatic carbocycles. The van der Waals surface area contributed by atoms with Crippen LogP contribution >= 0.6 is 0 Å². The fourth-order valence-electron chi connectivity index (χ4n) is 14.7. The van der Waals surface area contributed by atoms with E-state index in [1.54, 1.807) is 13.8 Å². The third-order valence-corrected chi connectivity index (χ3v) is 21.0. The molecule has 9 aromatic rings. The number of aliphatic carboxylic acids is 1. The third-order valence-electron chi connectivity index (χ3n) is 21.0. The molecule has 612 valence electrons. The fourth-order valence-corrected chi connectivity index (χ4v) is 14.7. The SMILES string of the molecule is C.CC(C)[C@H](NC(=O)OCc1ccccc1)C(=O)O.COOC=N[C@H](C(=O)N1CCC[C@H]1c1ncc(-c2ccc(-c3ccc(-c4cnc(C5CCCC5)[nH]4)cc3)cc2)[nH]1)C(C)C.COOC=N[C@H](C(=O)N1CCC[C@H]1c1ncc(-c2ccc(-c3ccc(-c4cnc([C@@H]5CCCN5C(=O)[C@@H](N)C(C)C)[nH]4)cc3)cc2)[nH]1)C(C)C.[CH3-].[Pd]. The quantitative estimate of drug-likeness (QED) is 0.00628. The van der Waals surface area contributed by atoms with E-state index in [1.807, 2.05) is 111 Å². The van der Waals surface area contributed by atoms with Crippen LogP contribution in [0.1, 0.15) is 180 Å². The number of rotatable bonds is 27. The standard InChI is InChI=1S/C38H48N8O4.C34H40N6O3.C13H17NO4.CH4.CH3.Pd/c1-23(2)33(39)37(47)45-18-6-8-31(45)35-40-20-29(43-35)27-14-10-25(11-15-27)26-12-16-28(17-13-26)30-21-41-36(44-30)32-9-7-19-46(32)38(48)34(24(3)4)42-22-50-49-5;1-22(2)31(37-21-43-42-3)34(41)40-18-6-9-30(40)33-36-20-29(39-33)26-16-12-24(13-17-26)23-10-14-25(15-11-23)28-19-35-32(38-28)27-7-4-5-8-27;1-9(2)11(12(15)16)14-13(17)18-8-10-6-4-3-5-7-10;;;/h10-17,20-24,31-34H,6-9,18-19,39H2,1-5H3,(H,40,43)(H,41,44);10-17,19-22,27,30-31H,4-9,18H2,1-3H3,(H,35,38)(H,36,39);3-7,9,11H,8H2,1-2H3,(H,14,17)(H,15,16);1H4;1H3;/q;;;;-1;/t31-,32-,33-,34-;30-,31-;11-;;;/m000.../s1. The average molecular weight is 1650 g/mol. The van der Waals surface area contributed by atoms with Crippen LogP contribution in [0.3, 0.4) is 0 Å². The number of nitrogens with zero attached hydrogens (tertiary/aromatic N) is 9. The number of carbonyl (C=O) groups is 5. The summed E-state index contributed by atoms with van der Waals surface area (Å²) in [5.41, 5.74) is 19.6. The second-order valence-corrected chi connectivity index (χ2v) is 30.0. The number of likely N-dealkylation sites (tertiary alicyclic amines) is 3. The first-order valence-corrected chi connectivity index (χ1v) is 38.6. The molecule has 0 unspecified atom stereocenters. The first kappa shape index (κ1) is 89.1. The van der Waals surface area contributed by atoms with Gasteiger partial charge in [0.15, 0.2) is 0 Å². The molecule has 5 aromatic carbocycles. The van der Waals surface area contributed by atoms with Gasteiger partial charge in [-0.3, -0.25) is 14.4 Å². The number of aromatic nitrogens is 8. The number of amides is 4. The van der Waals surface area contributed by atoms with Gasteiger partial charge in [0, 0.05) is 46.0 Å². The van der Waals surface area contributed by atoms with Gasteiger partial charge in [0.1, 0.15) is 48.0 Å². The first-order valence-electron chi connectivity index (χ1n) is 38.6. The van der Waals surface area contributed by atoms with Gasteiger partial charge < -0.3 is 72.7 Å². The molecule has 3 saturated heterocycles. The molecule has 4 aliphatic rings. The molecule has 7 heterocycles. The van der Waals surface area contributed by atoms with Crippen molar-refractivity contribution in [3.8, 4) is 67.3 Å². The Morgan fingerprint density at radius 2 is 0.816 bits per heavy atom. The Hall–Kier alpha value is -10.4. The summed E-state index contributed by atoms with van der Waals surface area (Å²) in [6, 6.07) is 40.2. The molecule has 13 rings (SSSR count). The normalized spacial score (nSPS) is 17.2. The summed E-state index contributed by atoms with van der Waals surface area (Å²) in [5.74, 6) is 2.85. The summed E-state index contributed by atoms with van der Waals surface area (Å²) in [6.07, 6.45) is 19.6. The van der Waals surface area contributed by atoms with Crippen molar-refractivity contribution in [2.24, 2.45) is 39.4 Å². The number of alkyl carbamates (subject to hydrolysis) is 1. The van der Waals surface area contributed by atoms with Crippen molar-refractivity contribution in [2.45, 2.75) is 182 Å². The Bertz CT molecular complexity index is 4550. The minimum absolute atomic E-state index is 0. The van der Waals surface area contributed by atoms with Gasteiger partial charge in [0.25, 0.3) is 0 Å². The zero-order chi connectivity index (χ0) is 78.7. The molecule has 7 atom stereocenters. The maximum Gasteiger partial charge on any atom is 0.408 e. The Morgan fingerprint density at radius 3 is 1.14 bits per heavy atom. The van der Waals surface area contributed by atoms with E-state index in [0.717, 1.165) is 135 Å². The molecule has 26 nitrogen and oxygen atoms in total. The smallest absolute Gasteiger partial charge is 0.408 e. The fraction of sp³-hybridized carbons (Fsp3) is 0.425. The molecular weight excluding hydrogens is 1540 g/mol. The van der Waals surface area contributed by atoms with E-state index in [1.165, 1.54) is 52.7 Å². The third kappa shape index (κ3) is 22.5. The largest absolute Gasteiger partial charge is 0.480 e. The molecule has 1 saturated carbocycles. The number of benzene rings is 5. The van der Waals surface area contributed by atoms with E-state index in [2.05, 4.69) is 152 Å². The molecule has 3 aliphatic heterocycles.